The molecular weight excluding hydrogens is 404 g/mol. The Kier molecular flexibility index (Phi) is 4.75. The number of hydrogen-bond acceptors (Lipinski definition) is 7. The number of rotatable bonds is 4. The van der Waals surface area contributed by atoms with Gasteiger partial charge in [0.15, 0.2) is 11.9 Å². The Morgan fingerprint density at radius 2 is 1.86 bits per heavy atom. The van der Waals surface area contributed by atoms with E-state index in [2.05, 4.69) is 20.2 Å². The van der Waals surface area contributed by atoms with Crippen LogP contribution in [0.15, 0.2) is 35.0 Å². The van der Waals surface area contributed by atoms with Gasteiger partial charge in [-0.25, -0.2) is 18.7 Å². The standard InChI is InChI=1S/C19H14ClF2N5O2/c1-8(19-27-26-9(2)29-19)28-13-6-4-11(17-14(13)18(23)25-7-24-17)10-3-5-12(21)15(20)16(10)22/h3-8H,1-2H3,(H2,23,24,25)/t8-/m1/s1. The quantitative estimate of drug-likeness (QED) is 0.482. The van der Waals surface area contributed by atoms with Gasteiger partial charge in [-0.05, 0) is 31.2 Å². The molecule has 2 heterocycles. The summed E-state index contributed by atoms with van der Waals surface area (Å²) in [5.74, 6) is -0.578. The highest BCUT2D eigenvalue weighted by Gasteiger charge is 2.21. The highest BCUT2D eigenvalue weighted by Crippen LogP contribution is 2.39. The molecule has 0 saturated heterocycles. The summed E-state index contributed by atoms with van der Waals surface area (Å²) in [5, 5.41) is 7.48. The largest absolute Gasteiger partial charge is 0.480 e. The Labute approximate surface area is 168 Å². The first kappa shape index (κ1) is 19.0. The van der Waals surface area contributed by atoms with Gasteiger partial charge in [-0.3, -0.25) is 0 Å². The Bertz CT molecular complexity index is 1230. The van der Waals surface area contributed by atoms with Crippen LogP contribution in [0.1, 0.15) is 24.8 Å². The monoisotopic (exact) mass is 417 g/mol. The third kappa shape index (κ3) is 3.33. The Morgan fingerprint density at radius 3 is 2.59 bits per heavy atom. The summed E-state index contributed by atoms with van der Waals surface area (Å²) in [6.45, 7) is 3.40. The number of nitrogens with two attached hydrogens (primary N) is 1. The van der Waals surface area contributed by atoms with Crippen LogP contribution in [-0.4, -0.2) is 20.2 Å². The zero-order valence-corrected chi connectivity index (χ0v) is 16.0. The maximum atomic E-state index is 14.6. The summed E-state index contributed by atoms with van der Waals surface area (Å²) in [6, 6.07) is 5.55. The first-order valence-electron chi connectivity index (χ1n) is 8.50. The fourth-order valence-corrected chi connectivity index (χ4v) is 3.10. The van der Waals surface area contributed by atoms with E-state index in [1.54, 1.807) is 26.0 Å². The van der Waals surface area contributed by atoms with E-state index in [-0.39, 0.29) is 17.3 Å². The molecule has 7 nitrogen and oxygen atoms in total. The molecule has 4 rings (SSSR count). The molecule has 0 bridgehead atoms. The van der Waals surface area contributed by atoms with Crippen LogP contribution in [0.25, 0.3) is 22.0 Å². The maximum absolute atomic E-state index is 14.6. The molecule has 0 aliphatic heterocycles. The van der Waals surface area contributed by atoms with Crippen molar-refractivity contribution in [3.63, 3.8) is 0 Å². The lowest BCUT2D eigenvalue weighted by Gasteiger charge is -2.16. The number of halogens is 3. The van der Waals surface area contributed by atoms with Gasteiger partial charge in [-0.2, -0.15) is 0 Å². The van der Waals surface area contributed by atoms with Crippen LogP contribution < -0.4 is 10.5 Å². The second-order valence-corrected chi connectivity index (χ2v) is 6.61. The zero-order chi connectivity index (χ0) is 20.7. The lowest BCUT2D eigenvalue weighted by Crippen LogP contribution is -2.06. The van der Waals surface area contributed by atoms with E-state index < -0.39 is 22.8 Å². The van der Waals surface area contributed by atoms with Crippen molar-refractivity contribution in [2.24, 2.45) is 0 Å². The van der Waals surface area contributed by atoms with Crippen LogP contribution in [0.5, 0.6) is 5.75 Å². The Hall–Kier alpha value is -3.33. The van der Waals surface area contributed by atoms with Crippen molar-refractivity contribution in [2.75, 3.05) is 5.73 Å². The van der Waals surface area contributed by atoms with E-state index >= 15 is 0 Å². The molecule has 0 amide bonds. The fraction of sp³-hybridized carbons (Fsp3) is 0.158. The molecule has 0 aliphatic rings. The van der Waals surface area contributed by atoms with Crippen molar-refractivity contribution in [3.05, 3.63) is 59.0 Å². The summed E-state index contributed by atoms with van der Waals surface area (Å²) < 4.78 is 39.5. The van der Waals surface area contributed by atoms with E-state index in [0.29, 0.717) is 28.1 Å². The van der Waals surface area contributed by atoms with Crippen LogP contribution in [0.4, 0.5) is 14.6 Å². The van der Waals surface area contributed by atoms with E-state index in [0.717, 1.165) is 6.07 Å². The number of nitrogen functional groups attached to an aromatic ring is 1. The number of ether oxygens (including phenoxy) is 1. The summed E-state index contributed by atoms with van der Waals surface area (Å²) in [5.41, 5.74) is 6.82. The molecule has 0 unspecified atom stereocenters. The van der Waals surface area contributed by atoms with Crippen LogP contribution in [0.2, 0.25) is 5.02 Å². The second-order valence-electron chi connectivity index (χ2n) is 6.24. The molecule has 29 heavy (non-hydrogen) atoms. The van der Waals surface area contributed by atoms with Crippen LogP contribution >= 0.6 is 11.6 Å². The molecule has 0 radical (unpaired) electrons. The van der Waals surface area contributed by atoms with Gasteiger partial charge < -0.3 is 14.9 Å². The van der Waals surface area contributed by atoms with Gasteiger partial charge in [-0.15, -0.1) is 10.2 Å². The Morgan fingerprint density at radius 1 is 1.10 bits per heavy atom. The highest BCUT2D eigenvalue weighted by atomic mass is 35.5. The molecule has 0 spiro atoms. The summed E-state index contributed by atoms with van der Waals surface area (Å²) in [6.07, 6.45) is 0.667. The van der Waals surface area contributed by atoms with E-state index in [4.69, 9.17) is 26.5 Å². The lowest BCUT2D eigenvalue weighted by atomic mass is 10.0. The predicted molar refractivity (Wildman–Crippen MR) is 102 cm³/mol. The number of aromatic nitrogens is 4. The number of fused-ring (bicyclic) bond motifs is 1. The predicted octanol–water partition coefficient (Wildman–Crippen LogP) is 4.64. The van der Waals surface area contributed by atoms with Gasteiger partial charge in [0, 0.05) is 18.1 Å². The van der Waals surface area contributed by atoms with Crippen LogP contribution in [0, 0.1) is 18.6 Å². The van der Waals surface area contributed by atoms with E-state index in [1.165, 1.54) is 12.4 Å². The van der Waals surface area contributed by atoms with Gasteiger partial charge in [0.1, 0.15) is 28.7 Å². The normalized spacial score (nSPS) is 12.3. The number of aryl methyl sites for hydroxylation is 1. The van der Waals surface area contributed by atoms with Crippen molar-refractivity contribution in [2.45, 2.75) is 20.0 Å². The molecule has 0 saturated carbocycles. The second kappa shape index (κ2) is 7.25. The lowest BCUT2D eigenvalue weighted by molar-refractivity contribution is 0.189. The van der Waals surface area contributed by atoms with Crippen molar-refractivity contribution < 1.29 is 17.9 Å². The fourth-order valence-electron chi connectivity index (χ4n) is 2.93. The maximum Gasteiger partial charge on any atom is 0.256 e. The average Bonchev–Trinajstić information content (AvgIpc) is 3.14. The molecule has 148 valence electrons. The minimum atomic E-state index is -0.895. The highest BCUT2D eigenvalue weighted by molar-refractivity contribution is 6.31. The molecule has 1 atom stereocenters. The van der Waals surface area contributed by atoms with Gasteiger partial charge in [0.2, 0.25) is 5.89 Å². The van der Waals surface area contributed by atoms with Crippen LogP contribution in [0.3, 0.4) is 0 Å². The number of nitrogens with zero attached hydrogens (tertiary/aromatic N) is 4. The van der Waals surface area contributed by atoms with Gasteiger partial charge in [0.05, 0.1) is 10.9 Å². The van der Waals surface area contributed by atoms with Crippen molar-refractivity contribution >= 4 is 28.3 Å². The minimum Gasteiger partial charge on any atom is -0.480 e. The summed E-state index contributed by atoms with van der Waals surface area (Å²) >= 11 is 5.73. The molecular formula is C19H14ClF2N5O2. The van der Waals surface area contributed by atoms with Gasteiger partial charge in [0.25, 0.3) is 5.89 Å². The van der Waals surface area contributed by atoms with E-state index in [9.17, 15) is 8.78 Å². The molecule has 2 N–H and O–H groups in total. The molecule has 2 aromatic carbocycles. The van der Waals surface area contributed by atoms with E-state index in [1.807, 2.05) is 0 Å². The smallest absolute Gasteiger partial charge is 0.256 e. The van der Waals surface area contributed by atoms with Crippen molar-refractivity contribution in [1.29, 1.82) is 0 Å². The minimum absolute atomic E-state index is 0.0756. The SMILES string of the molecule is Cc1nnc([C@@H](C)Oc2ccc(-c3ccc(F)c(Cl)c3F)c3ncnc(N)c23)o1. The molecule has 2 aromatic heterocycles. The topological polar surface area (TPSA) is 100.0 Å². The van der Waals surface area contributed by atoms with Crippen molar-refractivity contribution in [1.82, 2.24) is 20.2 Å². The third-order valence-corrected chi connectivity index (χ3v) is 4.64. The summed E-state index contributed by atoms with van der Waals surface area (Å²) in [7, 11) is 0. The third-order valence-electron chi connectivity index (χ3n) is 4.30. The first-order chi connectivity index (χ1) is 13.9. The molecule has 0 fully saturated rings. The molecule has 0 aliphatic carbocycles. The van der Waals surface area contributed by atoms with Crippen LogP contribution in [-0.2, 0) is 0 Å². The van der Waals surface area contributed by atoms with Gasteiger partial charge >= 0.3 is 0 Å². The first-order valence-corrected chi connectivity index (χ1v) is 8.88. The summed E-state index contributed by atoms with van der Waals surface area (Å²) in [4.78, 5) is 8.23. The Balaban J connectivity index is 1.86. The average molecular weight is 418 g/mol. The van der Waals surface area contributed by atoms with Gasteiger partial charge in [-0.1, -0.05) is 11.6 Å². The molecule has 10 heteroatoms. The molecule has 4 aromatic rings. The number of hydrogen-bond donors (Lipinski definition) is 1. The van der Waals surface area contributed by atoms with Crippen molar-refractivity contribution in [3.8, 4) is 16.9 Å². The number of benzene rings is 2. The number of anilines is 1. The zero-order valence-electron chi connectivity index (χ0n) is 15.3.